The average molecular weight is 284 g/mol. The van der Waals surface area contributed by atoms with E-state index in [4.69, 9.17) is 0 Å². The van der Waals surface area contributed by atoms with Crippen LogP contribution in [0, 0.1) is 17.6 Å². The SMILES string of the molecule is CCNCc1cc(F)c(N2CCC(C)C(O)C2)c(F)c1. The highest BCUT2D eigenvalue weighted by Crippen LogP contribution is 2.29. The Kier molecular flexibility index (Phi) is 4.94. The van der Waals surface area contributed by atoms with Gasteiger partial charge in [-0.1, -0.05) is 13.8 Å². The zero-order valence-corrected chi connectivity index (χ0v) is 12.0. The van der Waals surface area contributed by atoms with Crippen LogP contribution < -0.4 is 10.2 Å². The molecule has 0 bridgehead atoms. The van der Waals surface area contributed by atoms with Gasteiger partial charge in [0, 0.05) is 19.6 Å². The van der Waals surface area contributed by atoms with Crippen molar-refractivity contribution in [3.05, 3.63) is 29.3 Å². The Morgan fingerprint density at radius 2 is 2.00 bits per heavy atom. The first-order valence-corrected chi connectivity index (χ1v) is 7.14. The van der Waals surface area contributed by atoms with Gasteiger partial charge in [0.2, 0.25) is 0 Å². The van der Waals surface area contributed by atoms with Crippen LogP contribution in [0.5, 0.6) is 0 Å². The number of halogens is 2. The molecular weight excluding hydrogens is 262 g/mol. The minimum Gasteiger partial charge on any atom is -0.391 e. The maximum absolute atomic E-state index is 14.2. The second kappa shape index (κ2) is 6.50. The lowest BCUT2D eigenvalue weighted by Crippen LogP contribution is -2.43. The predicted molar refractivity (Wildman–Crippen MR) is 75.7 cm³/mol. The molecular formula is C15H22F2N2O. The van der Waals surface area contributed by atoms with E-state index in [9.17, 15) is 13.9 Å². The van der Waals surface area contributed by atoms with Crippen molar-refractivity contribution in [2.75, 3.05) is 24.5 Å². The third kappa shape index (κ3) is 3.27. The van der Waals surface area contributed by atoms with E-state index in [1.54, 1.807) is 4.90 Å². The molecule has 5 heteroatoms. The lowest BCUT2D eigenvalue weighted by atomic mass is 9.95. The number of aliphatic hydroxyl groups excluding tert-OH is 1. The summed E-state index contributed by atoms with van der Waals surface area (Å²) in [4.78, 5) is 1.60. The highest BCUT2D eigenvalue weighted by molar-refractivity contribution is 5.51. The van der Waals surface area contributed by atoms with Crippen molar-refractivity contribution in [2.45, 2.75) is 32.9 Å². The Balaban J connectivity index is 2.19. The highest BCUT2D eigenvalue weighted by Gasteiger charge is 2.27. The van der Waals surface area contributed by atoms with Crippen molar-refractivity contribution in [2.24, 2.45) is 5.92 Å². The number of hydrogen-bond acceptors (Lipinski definition) is 3. The summed E-state index contributed by atoms with van der Waals surface area (Å²) < 4.78 is 28.3. The molecule has 0 amide bonds. The standard InChI is InChI=1S/C15H22F2N2O/c1-3-18-8-11-6-12(16)15(13(17)7-11)19-5-4-10(2)14(20)9-19/h6-7,10,14,18,20H,3-5,8-9H2,1-2H3. The van der Waals surface area contributed by atoms with Crippen LogP contribution in [-0.4, -0.2) is 30.8 Å². The van der Waals surface area contributed by atoms with E-state index < -0.39 is 17.7 Å². The van der Waals surface area contributed by atoms with Crippen molar-refractivity contribution in [1.82, 2.24) is 5.32 Å². The predicted octanol–water partition coefficient (Wildman–Crippen LogP) is 2.28. The molecule has 2 N–H and O–H groups in total. The zero-order valence-electron chi connectivity index (χ0n) is 12.0. The fraction of sp³-hybridized carbons (Fsp3) is 0.600. The van der Waals surface area contributed by atoms with Crippen molar-refractivity contribution in [1.29, 1.82) is 0 Å². The van der Waals surface area contributed by atoms with E-state index in [1.165, 1.54) is 12.1 Å². The zero-order chi connectivity index (χ0) is 14.7. The quantitative estimate of drug-likeness (QED) is 0.890. The van der Waals surface area contributed by atoms with E-state index in [0.717, 1.165) is 13.0 Å². The molecule has 2 rings (SSSR count). The molecule has 112 valence electrons. The summed E-state index contributed by atoms with van der Waals surface area (Å²) in [7, 11) is 0. The molecule has 1 aromatic carbocycles. The molecule has 0 aliphatic carbocycles. The van der Waals surface area contributed by atoms with E-state index >= 15 is 0 Å². The smallest absolute Gasteiger partial charge is 0.149 e. The first-order chi connectivity index (χ1) is 9.52. The molecule has 1 heterocycles. The third-order valence-electron chi connectivity index (χ3n) is 3.89. The molecule has 0 aromatic heterocycles. The van der Waals surface area contributed by atoms with E-state index in [1.807, 2.05) is 13.8 Å². The fourth-order valence-electron chi connectivity index (χ4n) is 2.54. The van der Waals surface area contributed by atoms with Crippen LogP contribution in [0.15, 0.2) is 12.1 Å². The summed E-state index contributed by atoms with van der Waals surface area (Å²) >= 11 is 0. The third-order valence-corrected chi connectivity index (χ3v) is 3.89. The summed E-state index contributed by atoms with van der Waals surface area (Å²) in [5, 5.41) is 12.9. The van der Waals surface area contributed by atoms with Crippen molar-refractivity contribution in [3.63, 3.8) is 0 Å². The van der Waals surface area contributed by atoms with Gasteiger partial charge in [0.15, 0.2) is 0 Å². The summed E-state index contributed by atoms with van der Waals surface area (Å²) in [5.41, 5.74) is 0.577. The summed E-state index contributed by atoms with van der Waals surface area (Å²) in [5.74, 6) is -0.940. The molecule has 2 unspecified atom stereocenters. The Morgan fingerprint density at radius 3 is 2.55 bits per heavy atom. The van der Waals surface area contributed by atoms with Gasteiger partial charge in [-0.2, -0.15) is 0 Å². The second-order valence-corrected chi connectivity index (χ2v) is 5.47. The summed E-state index contributed by atoms with van der Waals surface area (Å²) in [6.07, 6.45) is 0.197. The number of β-amino-alcohol motifs (C(OH)–C–C–N with tert-alkyl or cyclic N) is 1. The molecule has 3 nitrogen and oxygen atoms in total. The molecule has 1 aliphatic rings. The van der Waals surface area contributed by atoms with E-state index in [2.05, 4.69) is 5.32 Å². The van der Waals surface area contributed by atoms with Gasteiger partial charge in [0.05, 0.1) is 6.10 Å². The van der Waals surface area contributed by atoms with Gasteiger partial charge in [-0.05, 0) is 36.6 Å². The normalized spacial score (nSPS) is 23.1. The second-order valence-electron chi connectivity index (χ2n) is 5.47. The first-order valence-electron chi connectivity index (χ1n) is 7.14. The Morgan fingerprint density at radius 1 is 1.35 bits per heavy atom. The van der Waals surface area contributed by atoms with Crippen LogP contribution in [0.2, 0.25) is 0 Å². The molecule has 0 saturated carbocycles. The Labute approximate surface area is 118 Å². The van der Waals surface area contributed by atoms with Gasteiger partial charge in [-0.25, -0.2) is 8.78 Å². The molecule has 1 saturated heterocycles. The van der Waals surface area contributed by atoms with Crippen LogP contribution in [0.1, 0.15) is 25.8 Å². The number of nitrogens with zero attached hydrogens (tertiary/aromatic N) is 1. The van der Waals surface area contributed by atoms with E-state index in [-0.39, 0.29) is 18.2 Å². The maximum Gasteiger partial charge on any atom is 0.149 e. The summed E-state index contributed by atoms with van der Waals surface area (Å²) in [6.45, 7) is 5.94. The molecule has 1 aromatic rings. The van der Waals surface area contributed by atoms with Gasteiger partial charge < -0.3 is 15.3 Å². The molecule has 1 fully saturated rings. The van der Waals surface area contributed by atoms with Crippen LogP contribution >= 0.6 is 0 Å². The summed E-state index contributed by atoms with van der Waals surface area (Å²) in [6, 6.07) is 2.73. The highest BCUT2D eigenvalue weighted by atomic mass is 19.1. The maximum atomic E-state index is 14.2. The molecule has 0 spiro atoms. The monoisotopic (exact) mass is 284 g/mol. The van der Waals surface area contributed by atoms with Crippen LogP contribution in [0.25, 0.3) is 0 Å². The van der Waals surface area contributed by atoms with E-state index in [0.29, 0.717) is 18.7 Å². The number of nitrogens with one attached hydrogen (secondary N) is 1. The first kappa shape index (κ1) is 15.2. The number of hydrogen-bond donors (Lipinski definition) is 2. The number of piperidine rings is 1. The van der Waals surface area contributed by atoms with Gasteiger partial charge in [-0.15, -0.1) is 0 Å². The molecule has 20 heavy (non-hydrogen) atoms. The minimum atomic E-state index is -0.556. The molecule has 1 aliphatic heterocycles. The van der Waals surface area contributed by atoms with Crippen molar-refractivity contribution >= 4 is 5.69 Å². The Bertz CT molecular complexity index is 444. The minimum absolute atomic E-state index is 0.0174. The van der Waals surface area contributed by atoms with Gasteiger partial charge in [-0.3, -0.25) is 0 Å². The van der Waals surface area contributed by atoms with Gasteiger partial charge >= 0.3 is 0 Å². The molecule has 2 atom stereocenters. The molecule has 0 radical (unpaired) electrons. The average Bonchev–Trinajstić information content (AvgIpc) is 2.39. The fourth-order valence-corrected chi connectivity index (χ4v) is 2.54. The number of aliphatic hydroxyl groups is 1. The van der Waals surface area contributed by atoms with Gasteiger partial charge in [0.25, 0.3) is 0 Å². The van der Waals surface area contributed by atoms with Crippen molar-refractivity contribution < 1.29 is 13.9 Å². The number of anilines is 1. The van der Waals surface area contributed by atoms with Crippen molar-refractivity contribution in [3.8, 4) is 0 Å². The lowest BCUT2D eigenvalue weighted by Gasteiger charge is -2.36. The largest absolute Gasteiger partial charge is 0.391 e. The topological polar surface area (TPSA) is 35.5 Å². The van der Waals surface area contributed by atoms with Crippen LogP contribution in [0.4, 0.5) is 14.5 Å². The Hall–Kier alpha value is -1.20. The van der Waals surface area contributed by atoms with Gasteiger partial charge in [0.1, 0.15) is 17.3 Å². The number of benzene rings is 1. The van der Waals surface area contributed by atoms with Crippen LogP contribution in [0.3, 0.4) is 0 Å². The van der Waals surface area contributed by atoms with Crippen LogP contribution in [-0.2, 0) is 6.54 Å². The lowest BCUT2D eigenvalue weighted by molar-refractivity contribution is 0.102. The number of rotatable bonds is 4.